The van der Waals surface area contributed by atoms with Crippen molar-refractivity contribution in [1.82, 2.24) is 25.0 Å². The van der Waals surface area contributed by atoms with Crippen molar-refractivity contribution in [3.05, 3.63) is 48.0 Å². The van der Waals surface area contributed by atoms with Gasteiger partial charge in [0.1, 0.15) is 0 Å². The lowest BCUT2D eigenvalue weighted by molar-refractivity contribution is -0.134. The Morgan fingerprint density at radius 2 is 2.32 bits per heavy atom. The van der Waals surface area contributed by atoms with E-state index in [0.29, 0.717) is 6.54 Å². The number of nitrogens with zero attached hydrogens (tertiary/aromatic N) is 4. The number of carbonyl (C=O) groups is 1. The Morgan fingerprint density at radius 3 is 3.00 bits per heavy atom. The predicted octanol–water partition coefficient (Wildman–Crippen LogP) is 0.777. The van der Waals surface area contributed by atoms with Crippen LogP contribution >= 0.6 is 0 Å². The molecule has 1 aliphatic heterocycles. The zero-order valence-electron chi connectivity index (χ0n) is 12.9. The number of amides is 1. The zero-order valence-corrected chi connectivity index (χ0v) is 12.9. The molecule has 1 N–H and O–H groups in total. The number of aryl methyl sites for hydroxylation is 1. The van der Waals surface area contributed by atoms with E-state index in [1.807, 2.05) is 38.6 Å². The lowest BCUT2D eigenvalue weighted by atomic mass is 9.90. The highest BCUT2D eigenvalue weighted by atomic mass is 16.2. The molecule has 1 amide bonds. The van der Waals surface area contributed by atoms with Crippen LogP contribution in [0, 0.1) is 5.92 Å². The number of rotatable bonds is 4. The summed E-state index contributed by atoms with van der Waals surface area (Å²) in [7, 11) is 3.76. The molecule has 1 saturated heterocycles. The first kappa shape index (κ1) is 14.7. The second-order valence-corrected chi connectivity index (χ2v) is 5.87. The Balaban J connectivity index is 1.70. The first-order chi connectivity index (χ1) is 10.6. The Morgan fingerprint density at radius 1 is 1.45 bits per heavy atom. The van der Waals surface area contributed by atoms with Crippen LogP contribution in [-0.4, -0.2) is 45.7 Å². The van der Waals surface area contributed by atoms with Gasteiger partial charge in [0.15, 0.2) is 0 Å². The van der Waals surface area contributed by atoms with E-state index in [2.05, 4.69) is 15.4 Å². The Bertz CT molecular complexity index is 639. The number of pyridine rings is 1. The third-order valence-electron chi connectivity index (χ3n) is 4.20. The normalized spacial score (nSPS) is 21.0. The van der Waals surface area contributed by atoms with Crippen LogP contribution in [0.2, 0.25) is 0 Å². The average molecular weight is 299 g/mol. The molecule has 0 aliphatic carbocycles. The molecular formula is C16H21N5O. The summed E-state index contributed by atoms with van der Waals surface area (Å²) >= 11 is 0. The van der Waals surface area contributed by atoms with Crippen LogP contribution in [0.5, 0.6) is 0 Å². The summed E-state index contributed by atoms with van der Waals surface area (Å²) in [6.07, 6.45) is 7.40. The fourth-order valence-corrected chi connectivity index (χ4v) is 3.05. The van der Waals surface area contributed by atoms with Gasteiger partial charge < -0.3 is 10.2 Å². The summed E-state index contributed by atoms with van der Waals surface area (Å²) in [5.74, 6) is 0.325. The monoisotopic (exact) mass is 299 g/mol. The van der Waals surface area contributed by atoms with Gasteiger partial charge in [-0.2, -0.15) is 5.10 Å². The first-order valence-corrected chi connectivity index (χ1v) is 7.48. The lowest BCUT2D eigenvalue weighted by Crippen LogP contribution is -2.35. The molecule has 6 nitrogen and oxygen atoms in total. The van der Waals surface area contributed by atoms with Crippen LogP contribution in [0.15, 0.2) is 36.9 Å². The largest absolute Gasteiger partial charge is 0.341 e. The van der Waals surface area contributed by atoms with Crippen molar-refractivity contribution in [2.75, 3.05) is 20.1 Å². The molecule has 0 spiro atoms. The SMILES string of the molecule is CN(Cc1cccnc1)C(=O)[C@H]1CNC[C@@H]1c1cnn(C)c1. The predicted molar refractivity (Wildman–Crippen MR) is 83.0 cm³/mol. The zero-order chi connectivity index (χ0) is 15.5. The quantitative estimate of drug-likeness (QED) is 0.906. The summed E-state index contributed by atoms with van der Waals surface area (Å²) in [4.78, 5) is 18.7. The maximum atomic E-state index is 12.8. The third kappa shape index (κ3) is 3.01. The Labute approximate surface area is 130 Å². The summed E-state index contributed by atoms with van der Waals surface area (Å²) in [6.45, 7) is 2.13. The van der Waals surface area contributed by atoms with Crippen LogP contribution in [0.4, 0.5) is 0 Å². The van der Waals surface area contributed by atoms with Crippen molar-refractivity contribution in [2.45, 2.75) is 12.5 Å². The van der Waals surface area contributed by atoms with Crippen molar-refractivity contribution in [2.24, 2.45) is 13.0 Å². The molecule has 0 aromatic carbocycles. The molecule has 0 radical (unpaired) electrons. The number of aromatic nitrogens is 3. The fraction of sp³-hybridized carbons (Fsp3) is 0.438. The summed E-state index contributed by atoms with van der Waals surface area (Å²) in [5, 5.41) is 7.56. The molecule has 2 atom stereocenters. The van der Waals surface area contributed by atoms with E-state index in [1.54, 1.807) is 22.0 Å². The van der Waals surface area contributed by atoms with E-state index in [1.165, 1.54) is 0 Å². The van der Waals surface area contributed by atoms with Gasteiger partial charge in [-0.05, 0) is 17.2 Å². The highest BCUT2D eigenvalue weighted by Crippen LogP contribution is 2.29. The van der Waals surface area contributed by atoms with E-state index >= 15 is 0 Å². The number of hydrogen-bond donors (Lipinski definition) is 1. The van der Waals surface area contributed by atoms with Crippen LogP contribution in [0.25, 0.3) is 0 Å². The maximum absolute atomic E-state index is 12.8. The molecular weight excluding hydrogens is 278 g/mol. The summed E-state index contributed by atoms with van der Waals surface area (Å²) < 4.78 is 1.79. The van der Waals surface area contributed by atoms with E-state index in [4.69, 9.17) is 0 Å². The maximum Gasteiger partial charge on any atom is 0.227 e. The van der Waals surface area contributed by atoms with E-state index < -0.39 is 0 Å². The van der Waals surface area contributed by atoms with Crippen molar-refractivity contribution < 1.29 is 4.79 Å². The van der Waals surface area contributed by atoms with Crippen molar-refractivity contribution in [3.8, 4) is 0 Å². The summed E-state index contributed by atoms with van der Waals surface area (Å²) in [6, 6.07) is 3.88. The van der Waals surface area contributed by atoms with Gasteiger partial charge in [-0.1, -0.05) is 6.07 Å². The van der Waals surface area contributed by atoms with Crippen LogP contribution in [0.3, 0.4) is 0 Å². The number of hydrogen-bond acceptors (Lipinski definition) is 4. The molecule has 2 aromatic rings. The fourth-order valence-electron chi connectivity index (χ4n) is 3.05. The molecule has 22 heavy (non-hydrogen) atoms. The molecule has 3 heterocycles. The number of nitrogens with one attached hydrogen (secondary N) is 1. The van der Waals surface area contributed by atoms with Gasteiger partial charge in [0.25, 0.3) is 0 Å². The van der Waals surface area contributed by atoms with Gasteiger partial charge in [-0.3, -0.25) is 14.5 Å². The molecule has 3 rings (SSSR count). The summed E-state index contributed by atoms with van der Waals surface area (Å²) in [5.41, 5.74) is 2.17. The van der Waals surface area contributed by atoms with Gasteiger partial charge in [0, 0.05) is 58.2 Å². The first-order valence-electron chi connectivity index (χ1n) is 7.48. The van der Waals surface area contributed by atoms with Gasteiger partial charge >= 0.3 is 0 Å². The highest BCUT2D eigenvalue weighted by molar-refractivity contribution is 5.80. The Kier molecular flexibility index (Phi) is 4.20. The third-order valence-corrected chi connectivity index (χ3v) is 4.20. The minimum absolute atomic E-state index is 0.0362. The average Bonchev–Trinajstić information content (AvgIpc) is 3.15. The standard InChI is InChI=1S/C16H21N5O/c1-20(10-12-4-3-5-17-6-12)16(22)15-9-18-8-14(15)13-7-19-21(2)11-13/h3-7,11,14-15,18H,8-10H2,1-2H3/t14-,15+/m1/s1. The van der Waals surface area contributed by atoms with Crippen LogP contribution in [0.1, 0.15) is 17.0 Å². The van der Waals surface area contributed by atoms with Crippen molar-refractivity contribution >= 4 is 5.91 Å². The smallest absolute Gasteiger partial charge is 0.227 e. The molecule has 1 aliphatic rings. The van der Waals surface area contributed by atoms with Crippen molar-refractivity contribution in [1.29, 1.82) is 0 Å². The topological polar surface area (TPSA) is 63.1 Å². The lowest BCUT2D eigenvalue weighted by Gasteiger charge is -2.24. The highest BCUT2D eigenvalue weighted by Gasteiger charge is 2.36. The second kappa shape index (κ2) is 6.27. The molecule has 116 valence electrons. The van der Waals surface area contributed by atoms with E-state index in [9.17, 15) is 4.79 Å². The van der Waals surface area contributed by atoms with E-state index in [0.717, 1.165) is 24.2 Å². The van der Waals surface area contributed by atoms with Gasteiger partial charge in [-0.25, -0.2) is 0 Å². The van der Waals surface area contributed by atoms with Gasteiger partial charge in [0.05, 0.1) is 12.1 Å². The minimum atomic E-state index is -0.0362. The molecule has 2 aromatic heterocycles. The van der Waals surface area contributed by atoms with Crippen molar-refractivity contribution in [3.63, 3.8) is 0 Å². The molecule has 1 fully saturated rings. The van der Waals surface area contributed by atoms with Gasteiger partial charge in [-0.15, -0.1) is 0 Å². The van der Waals surface area contributed by atoms with Gasteiger partial charge in [0.2, 0.25) is 5.91 Å². The molecule has 0 bridgehead atoms. The van der Waals surface area contributed by atoms with E-state index in [-0.39, 0.29) is 17.7 Å². The number of carbonyl (C=O) groups excluding carboxylic acids is 1. The molecule has 0 unspecified atom stereocenters. The van der Waals surface area contributed by atoms with Crippen LogP contribution in [-0.2, 0) is 18.4 Å². The molecule has 0 saturated carbocycles. The Hall–Kier alpha value is -2.21. The molecule has 6 heteroatoms. The minimum Gasteiger partial charge on any atom is -0.341 e. The second-order valence-electron chi connectivity index (χ2n) is 5.87. The van der Waals surface area contributed by atoms with Crippen LogP contribution < -0.4 is 5.32 Å².